The van der Waals surface area contributed by atoms with Gasteiger partial charge in [0.1, 0.15) is 5.82 Å². The monoisotopic (exact) mass is 249 g/mol. The number of hydrogen-bond acceptors (Lipinski definition) is 5. The van der Waals surface area contributed by atoms with Crippen molar-refractivity contribution in [1.82, 2.24) is 4.98 Å². The number of methoxy groups -OCH3 is 1. The van der Waals surface area contributed by atoms with E-state index in [0.717, 1.165) is 29.1 Å². The van der Waals surface area contributed by atoms with Crippen LogP contribution in [0.25, 0.3) is 10.9 Å². The van der Waals surface area contributed by atoms with E-state index in [2.05, 4.69) is 4.98 Å². The van der Waals surface area contributed by atoms with Gasteiger partial charge in [0, 0.05) is 31.7 Å². The number of pyridine rings is 1. The highest BCUT2D eigenvalue weighted by Gasteiger charge is 2.04. The van der Waals surface area contributed by atoms with Gasteiger partial charge in [-0.25, -0.2) is 4.98 Å². The van der Waals surface area contributed by atoms with Crippen molar-refractivity contribution >= 4 is 16.7 Å². The molecule has 1 aromatic heterocycles. The van der Waals surface area contributed by atoms with Crippen molar-refractivity contribution in [2.24, 2.45) is 5.73 Å². The molecular weight excluding hydrogens is 230 g/mol. The highest BCUT2D eigenvalue weighted by molar-refractivity contribution is 5.82. The van der Waals surface area contributed by atoms with Crippen molar-refractivity contribution in [2.45, 2.75) is 13.2 Å². The molecule has 0 spiro atoms. The topological polar surface area (TPSA) is 94.4 Å². The minimum absolute atomic E-state index is 0.480. The molecule has 1 heterocycles. The largest absolute Gasteiger partial charge is 0.400 e. The first-order valence-corrected chi connectivity index (χ1v) is 5.56. The minimum Gasteiger partial charge on any atom is -0.400 e. The van der Waals surface area contributed by atoms with Crippen LogP contribution < -0.4 is 11.5 Å². The van der Waals surface area contributed by atoms with E-state index in [9.17, 15) is 0 Å². The van der Waals surface area contributed by atoms with Gasteiger partial charge in [-0.05, 0) is 17.7 Å². The Morgan fingerprint density at radius 2 is 2.00 bits per heavy atom. The zero-order chi connectivity index (χ0) is 13.5. The molecule has 0 fully saturated rings. The third-order valence-electron chi connectivity index (χ3n) is 2.53. The van der Waals surface area contributed by atoms with Gasteiger partial charge >= 0.3 is 0 Å². The lowest BCUT2D eigenvalue weighted by molar-refractivity contribution is 0.185. The second-order valence-electron chi connectivity index (χ2n) is 3.70. The molecule has 98 valence electrons. The predicted molar refractivity (Wildman–Crippen MR) is 72.9 cm³/mol. The van der Waals surface area contributed by atoms with Gasteiger partial charge < -0.3 is 21.3 Å². The summed E-state index contributed by atoms with van der Waals surface area (Å²) in [5, 5.41) is 8.05. The maximum Gasteiger partial charge on any atom is 0.129 e. The number of aliphatic hydroxyl groups is 1. The third-order valence-corrected chi connectivity index (χ3v) is 2.53. The number of nitrogens with zero attached hydrogens (tertiary/aromatic N) is 1. The van der Waals surface area contributed by atoms with Crippen LogP contribution in [-0.2, 0) is 17.9 Å². The van der Waals surface area contributed by atoms with Crippen molar-refractivity contribution in [3.05, 3.63) is 35.4 Å². The van der Waals surface area contributed by atoms with Crippen LogP contribution in [0, 0.1) is 0 Å². The highest BCUT2D eigenvalue weighted by Crippen LogP contribution is 2.20. The summed E-state index contributed by atoms with van der Waals surface area (Å²) in [7, 11) is 2.64. The van der Waals surface area contributed by atoms with E-state index in [1.807, 2.05) is 24.3 Å². The van der Waals surface area contributed by atoms with E-state index >= 15 is 0 Å². The maximum absolute atomic E-state index is 7.00. The van der Waals surface area contributed by atoms with Gasteiger partial charge in [0.05, 0.1) is 12.1 Å². The summed E-state index contributed by atoms with van der Waals surface area (Å²) in [4.78, 5) is 4.35. The maximum atomic E-state index is 7.00. The number of aliphatic hydroxyl groups excluding tert-OH is 1. The summed E-state index contributed by atoms with van der Waals surface area (Å²) < 4.78 is 5.06. The van der Waals surface area contributed by atoms with Crippen LogP contribution in [0.15, 0.2) is 24.3 Å². The molecule has 0 aliphatic rings. The molecule has 0 aliphatic carbocycles. The summed E-state index contributed by atoms with van der Waals surface area (Å²) in [6.45, 7) is 0.991. The van der Waals surface area contributed by atoms with E-state index in [-0.39, 0.29) is 0 Å². The molecule has 0 saturated heterocycles. The predicted octanol–water partition coefficient (Wildman–Crippen LogP) is 1.03. The minimum atomic E-state index is 0.480. The van der Waals surface area contributed by atoms with E-state index in [1.54, 1.807) is 7.11 Å². The molecule has 0 aliphatic heterocycles. The molecular formula is C13H19N3O2. The summed E-state index contributed by atoms with van der Waals surface area (Å²) in [6, 6.07) is 7.96. The fourth-order valence-electron chi connectivity index (χ4n) is 1.67. The summed E-state index contributed by atoms with van der Waals surface area (Å²) in [5.41, 5.74) is 14.3. The summed E-state index contributed by atoms with van der Waals surface area (Å²) in [6.07, 6.45) is 0. The molecule has 0 amide bonds. The second-order valence-corrected chi connectivity index (χ2v) is 3.70. The van der Waals surface area contributed by atoms with Gasteiger partial charge in [-0.1, -0.05) is 12.1 Å². The molecule has 0 unspecified atom stereocenters. The quantitative estimate of drug-likeness (QED) is 0.755. The fourth-order valence-corrected chi connectivity index (χ4v) is 1.67. The van der Waals surface area contributed by atoms with E-state index in [4.69, 9.17) is 21.3 Å². The van der Waals surface area contributed by atoms with E-state index in [0.29, 0.717) is 19.0 Å². The zero-order valence-electron chi connectivity index (χ0n) is 10.7. The fraction of sp³-hybridized carbons (Fsp3) is 0.308. The second kappa shape index (κ2) is 6.90. The van der Waals surface area contributed by atoms with Crippen LogP contribution >= 0.6 is 0 Å². The molecule has 0 atom stereocenters. The standard InChI is InChI=1S/C12H15N3O.CH4O/c1-16-7-10-5-9-3-2-8(6-13)4-11(9)15-12(10)14;1-2/h2-5H,6-7,13H2,1H3,(H2,14,15);2H,1H3. The molecule has 0 saturated carbocycles. The third kappa shape index (κ3) is 3.16. The zero-order valence-corrected chi connectivity index (χ0v) is 10.7. The lowest BCUT2D eigenvalue weighted by Crippen LogP contribution is -2.01. The Balaban J connectivity index is 0.000000771. The molecule has 5 heteroatoms. The SMILES string of the molecule is CO.COCc1cc2ccc(CN)cc2nc1N. The Kier molecular flexibility index (Phi) is 5.51. The molecule has 1 aromatic carbocycles. The Bertz CT molecular complexity index is 515. The number of hydrogen-bond donors (Lipinski definition) is 3. The molecule has 5 nitrogen and oxygen atoms in total. The summed E-state index contributed by atoms with van der Waals surface area (Å²) >= 11 is 0. The number of nitrogen functional groups attached to an aromatic ring is 1. The molecule has 0 bridgehead atoms. The average molecular weight is 249 g/mol. The lowest BCUT2D eigenvalue weighted by atomic mass is 10.1. The molecule has 5 N–H and O–H groups in total. The number of aromatic nitrogens is 1. The Hall–Kier alpha value is -1.69. The average Bonchev–Trinajstić information content (AvgIpc) is 2.41. The van der Waals surface area contributed by atoms with E-state index < -0.39 is 0 Å². The van der Waals surface area contributed by atoms with Gasteiger partial charge in [-0.2, -0.15) is 0 Å². The number of anilines is 1. The Labute approximate surface area is 106 Å². The van der Waals surface area contributed by atoms with Gasteiger partial charge in [-0.3, -0.25) is 0 Å². The van der Waals surface area contributed by atoms with Crippen LogP contribution in [0.1, 0.15) is 11.1 Å². The Morgan fingerprint density at radius 1 is 1.28 bits per heavy atom. The highest BCUT2D eigenvalue weighted by atomic mass is 16.5. The number of fused-ring (bicyclic) bond motifs is 1. The van der Waals surface area contributed by atoms with Crippen molar-refractivity contribution in [3.63, 3.8) is 0 Å². The molecule has 2 rings (SSSR count). The van der Waals surface area contributed by atoms with E-state index in [1.165, 1.54) is 0 Å². The van der Waals surface area contributed by atoms with Gasteiger partial charge in [0.2, 0.25) is 0 Å². The van der Waals surface area contributed by atoms with Gasteiger partial charge in [-0.15, -0.1) is 0 Å². The number of ether oxygens (including phenoxy) is 1. The Morgan fingerprint density at radius 3 is 2.61 bits per heavy atom. The number of benzene rings is 1. The summed E-state index contributed by atoms with van der Waals surface area (Å²) in [5.74, 6) is 0.517. The smallest absolute Gasteiger partial charge is 0.129 e. The van der Waals surface area contributed by atoms with Crippen LogP contribution in [0.2, 0.25) is 0 Å². The first kappa shape index (κ1) is 14.4. The molecule has 18 heavy (non-hydrogen) atoms. The molecule has 2 aromatic rings. The van der Waals surface area contributed by atoms with Gasteiger partial charge in [0.25, 0.3) is 0 Å². The van der Waals surface area contributed by atoms with Crippen molar-refractivity contribution < 1.29 is 9.84 Å². The van der Waals surface area contributed by atoms with Crippen LogP contribution in [0.4, 0.5) is 5.82 Å². The van der Waals surface area contributed by atoms with Crippen molar-refractivity contribution in [2.75, 3.05) is 20.0 Å². The first-order chi connectivity index (χ1) is 8.74. The van der Waals surface area contributed by atoms with Crippen LogP contribution in [-0.4, -0.2) is 24.3 Å². The van der Waals surface area contributed by atoms with Crippen LogP contribution in [0.3, 0.4) is 0 Å². The lowest BCUT2D eigenvalue weighted by Gasteiger charge is -2.07. The van der Waals surface area contributed by atoms with Crippen molar-refractivity contribution in [3.8, 4) is 0 Å². The van der Waals surface area contributed by atoms with Crippen LogP contribution in [0.5, 0.6) is 0 Å². The first-order valence-electron chi connectivity index (χ1n) is 5.56. The van der Waals surface area contributed by atoms with Gasteiger partial charge in [0.15, 0.2) is 0 Å². The number of nitrogens with two attached hydrogens (primary N) is 2. The molecule has 0 radical (unpaired) electrons. The number of rotatable bonds is 3. The van der Waals surface area contributed by atoms with Crippen molar-refractivity contribution in [1.29, 1.82) is 0 Å². The normalized spacial score (nSPS) is 10.0.